The van der Waals surface area contributed by atoms with Gasteiger partial charge >= 0.3 is 0 Å². The zero-order valence-electron chi connectivity index (χ0n) is 14.5. The minimum absolute atomic E-state index is 0.0351. The summed E-state index contributed by atoms with van der Waals surface area (Å²) in [5, 5.41) is 10.7. The van der Waals surface area contributed by atoms with Crippen molar-refractivity contribution >= 4 is 0 Å². The Morgan fingerprint density at radius 3 is 2.64 bits per heavy atom. The molecule has 2 bridgehead atoms. The van der Waals surface area contributed by atoms with Crippen LogP contribution < -0.4 is 0 Å². The van der Waals surface area contributed by atoms with Crippen molar-refractivity contribution in [3.05, 3.63) is 12.2 Å². The monoisotopic (exact) mass is 305 g/mol. The van der Waals surface area contributed by atoms with Crippen LogP contribution in [-0.4, -0.2) is 45.9 Å². The Bertz CT molecular complexity index is 488. The number of aliphatic hydroxyl groups is 1. The molecule has 0 aromatic heterocycles. The van der Waals surface area contributed by atoms with Crippen LogP contribution in [0.3, 0.4) is 0 Å². The average Bonchev–Trinajstić information content (AvgIpc) is 3.09. The van der Waals surface area contributed by atoms with Crippen molar-refractivity contribution in [1.29, 1.82) is 0 Å². The molecular formula is C19H31NO2. The molecule has 124 valence electrons. The number of fused-ring (bicyclic) bond motifs is 1. The predicted molar refractivity (Wildman–Crippen MR) is 87.6 cm³/mol. The molecule has 3 fully saturated rings. The average molecular weight is 305 g/mol. The van der Waals surface area contributed by atoms with Crippen LogP contribution >= 0.6 is 0 Å². The summed E-state index contributed by atoms with van der Waals surface area (Å²) in [7, 11) is 0. The lowest BCUT2D eigenvalue weighted by atomic mass is 9.71. The minimum atomic E-state index is -0.156. The van der Waals surface area contributed by atoms with E-state index >= 15 is 0 Å². The van der Waals surface area contributed by atoms with Crippen molar-refractivity contribution in [3.63, 3.8) is 0 Å². The highest BCUT2D eigenvalue weighted by Gasteiger charge is 2.62. The van der Waals surface area contributed by atoms with Crippen LogP contribution in [-0.2, 0) is 4.74 Å². The first-order chi connectivity index (χ1) is 10.3. The molecule has 0 aromatic carbocycles. The normalized spacial score (nSPS) is 51.5. The zero-order chi connectivity index (χ0) is 15.7. The molecule has 0 amide bonds. The van der Waals surface area contributed by atoms with E-state index in [0.717, 1.165) is 19.4 Å². The van der Waals surface area contributed by atoms with Crippen LogP contribution in [0.4, 0.5) is 0 Å². The van der Waals surface area contributed by atoms with Gasteiger partial charge in [0.05, 0.1) is 12.2 Å². The third-order valence-electron chi connectivity index (χ3n) is 7.35. The van der Waals surface area contributed by atoms with Gasteiger partial charge in [0.2, 0.25) is 0 Å². The van der Waals surface area contributed by atoms with Crippen LogP contribution in [0, 0.1) is 17.8 Å². The maximum absolute atomic E-state index is 10.7. The third-order valence-corrected chi connectivity index (χ3v) is 7.35. The molecule has 4 aliphatic rings. The largest absolute Gasteiger partial charge is 0.393 e. The summed E-state index contributed by atoms with van der Waals surface area (Å²) in [6, 6.07) is 0.405. The Kier molecular flexibility index (Phi) is 3.32. The molecule has 0 unspecified atom stereocenters. The molecule has 3 nitrogen and oxygen atoms in total. The van der Waals surface area contributed by atoms with Gasteiger partial charge in [-0.25, -0.2) is 0 Å². The molecule has 1 N–H and O–H groups in total. The van der Waals surface area contributed by atoms with Crippen LogP contribution in [0.1, 0.15) is 53.4 Å². The fourth-order valence-corrected chi connectivity index (χ4v) is 5.98. The smallest absolute Gasteiger partial charge is 0.106 e. The number of hydrogen-bond donors (Lipinski definition) is 1. The molecule has 0 radical (unpaired) electrons. The topological polar surface area (TPSA) is 32.7 Å². The maximum atomic E-state index is 10.7. The summed E-state index contributed by atoms with van der Waals surface area (Å²) >= 11 is 0. The molecule has 7 atom stereocenters. The van der Waals surface area contributed by atoms with Crippen molar-refractivity contribution in [2.45, 2.75) is 82.8 Å². The third kappa shape index (κ3) is 1.91. The second-order valence-electron chi connectivity index (χ2n) is 8.88. The summed E-state index contributed by atoms with van der Waals surface area (Å²) in [5.74, 6) is 1.68. The van der Waals surface area contributed by atoms with Crippen molar-refractivity contribution in [2.75, 3.05) is 6.54 Å². The molecule has 1 aliphatic carbocycles. The highest BCUT2D eigenvalue weighted by molar-refractivity contribution is 5.28. The predicted octanol–water partition coefficient (Wildman–Crippen LogP) is 2.98. The summed E-state index contributed by atoms with van der Waals surface area (Å²) in [6.45, 7) is 10.4. The summed E-state index contributed by atoms with van der Waals surface area (Å²) < 4.78 is 6.34. The van der Waals surface area contributed by atoms with E-state index in [1.165, 1.54) is 12.8 Å². The Morgan fingerprint density at radius 1 is 1.23 bits per heavy atom. The Hall–Kier alpha value is -0.380. The van der Waals surface area contributed by atoms with Crippen molar-refractivity contribution in [1.82, 2.24) is 4.90 Å². The van der Waals surface area contributed by atoms with E-state index in [2.05, 4.69) is 44.7 Å². The van der Waals surface area contributed by atoms with E-state index in [-0.39, 0.29) is 17.2 Å². The first-order valence-electron chi connectivity index (χ1n) is 9.16. The van der Waals surface area contributed by atoms with Crippen LogP contribution in [0.5, 0.6) is 0 Å². The molecular weight excluding hydrogens is 274 g/mol. The molecule has 4 rings (SSSR count). The van der Waals surface area contributed by atoms with Gasteiger partial charge in [-0.1, -0.05) is 25.5 Å². The van der Waals surface area contributed by atoms with Gasteiger partial charge in [-0.2, -0.15) is 0 Å². The number of ether oxygens (including phenoxy) is 1. The minimum Gasteiger partial charge on any atom is -0.393 e. The second-order valence-corrected chi connectivity index (χ2v) is 8.88. The SMILES string of the molecule is C[C@@H]1CC[C@@H](C(C)(C)N2C[C@H]3C[C@@H]4C=C[C@]3(O4)[C@@H]2C)[C@H](O)C1. The van der Waals surface area contributed by atoms with E-state index in [9.17, 15) is 5.11 Å². The number of aliphatic hydroxyl groups excluding tert-OH is 1. The number of rotatable bonds is 2. The molecule has 2 saturated heterocycles. The molecule has 3 heteroatoms. The van der Waals surface area contributed by atoms with E-state index in [1.807, 2.05) is 0 Å². The number of hydrogen-bond acceptors (Lipinski definition) is 3. The van der Waals surface area contributed by atoms with E-state index in [1.54, 1.807) is 0 Å². The maximum Gasteiger partial charge on any atom is 0.106 e. The van der Waals surface area contributed by atoms with Crippen LogP contribution in [0.15, 0.2) is 12.2 Å². The molecule has 1 saturated carbocycles. The van der Waals surface area contributed by atoms with Crippen molar-refractivity contribution in [3.8, 4) is 0 Å². The van der Waals surface area contributed by atoms with Gasteiger partial charge in [-0.3, -0.25) is 4.90 Å². The lowest BCUT2D eigenvalue weighted by Gasteiger charge is -2.49. The fourth-order valence-electron chi connectivity index (χ4n) is 5.98. The van der Waals surface area contributed by atoms with Crippen LogP contribution in [0.25, 0.3) is 0 Å². The first-order valence-corrected chi connectivity index (χ1v) is 9.16. The Morgan fingerprint density at radius 2 is 2.00 bits per heavy atom. The molecule has 1 spiro atoms. The summed E-state index contributed by atoms with van der Waals surface area (Å²) in [4.78, 5) is 2.65. The Labute approximate surface area is 134 Å². The summed E-state index contributed by atoms with van der Waals surface area (Å²) in [6.07, 6.45) is 9.35. The number of nitrogens with zero attached hydrogens (tertiary/aromatic N) is 1. The van der Waals surface area contributed by atoms with Gasteiger partial charge in [-0.15, -0.1) is 0 Å². The van der Waals surface area contributed by atoms with Gasteiger partial charge in [0, 0.05) is 30.0 Å². The van der Waals surface area contributed by atoms with E-state index < -0.39 is 0 Å². The summed E-state index contributed by atoms with van der Waals surface area (Å²) in [5.41, 5.74) is -0.0117. The fraction of sp³-hybridized carbons (Fsp3) is 0.895. The molecule has 3 aliphatic heterocycles. The van der Waals surface area contributed by atoms with Crippen LogP contribution in [0.2, 0.25) is 0 Å². The quantitative estimate of drug-likeness (QED) is 0.796. The van der Waals surface area contributed by atoms with E-state index in [4.69, 9.17) is 4.74 Å². The van der Waals surface area contributed by atoms with Gasteiger partial charge in [0.25, 0.3) is 0 Å². The number of likely N-dealkylation sites (tertiary alicyclic amines) is 1. The highest BCUT2D eigenvalue weighted by atomic mass is 16.5. The first kappa shape index (κ1) is 15.2. The van der Waals surface area contributed by atoms with Gasteiger partial charge < -0.3 is 9.84 Å². The lowest BCUT2D eigenvalue weighted by Crippen LogP contribution is -2.57. The second kappa shape index (κ2) is 4.81. The highest BCUT2D eigenvalue weighted by Crippen LogP contribution is 2.54. The molecule has 0 aromatic rings. The standard InChI is InChI=1S/C19H31NO2/c1-12-5-6-16(17(21)9-12)18(3,4)20-11-14-10-15-7-8-19(14,22-15)13(20)2/h7-8,12-17,21H,5-6,9-11H2,1-4H3/t12-,13+,14-,15+,16-,17-,19+/m1/s1. The molecule has 22 heavy (non-hydrogen) atoms. The van der Waals surface area contributed by atoms with Crippen molar-refractivity contribution in [2.24, 2.45) is 17.8 Å². The van der Waals surface area contributed by atoms with Gasteiger partial charge in [-0.05, 0) is 46.0 Å². The van der Waals surface area contributed by atoms with Gasteiger partial charge in [0.15, 0.2) is 0 Å². The van der Waals surface area contributed by atoms with Gasteiger partial charge in [0.1, 0.15) is 5.60 Å². The van der Waals surface area contributed by atoms with E-state index in [0.29, 0.717) is 29.9 Å². The lowest BCUT2D eigenvalue weighted by molar-refractivity contribution is -0.0725. The Balaban J connectivity index is 1.58. The van der Waals surface area contributed by atoms with Crippen molar-refractivity contribution < 1.29 is 9.84 Å². The molecule has 3 heterocycles. The zero-order valence-corrected chi connectivity index (χ0v) is 14.5.